The Balaban J connectivity index is 1.58. The second-order valence-corrected chi connectivity index (χ2v) is 6.65. The maximum atomic E-state index is 13.7. The number of hydrogen-bond acceptors (Lipinski definition) is 4. The van der Waals surface area contributed by atoms with Gasteiger partial charge in [0.15, 0.2) is 0 Å². The Hall–Kier alpha value is -3.87. The summed E-state index contributed by atoms with van der Waals surface area (Å²) in [6, 6.07) is 12.6. The van der Waals surface area contributed by atoms with Gasteiger partial charge >= 0.3 is 0 Å². The van der Waals surface area contributed by atoms with E-state index in [1.165, 1.54) is 30.6 Å². The Bertz CT molecular complexity index is 1240. The lowest BCUT2D eigenvalue weighted by Crippen LogP contribution is -2.24. The molecular weight excluding hydrogens is 388 g/mol. The van der Waals surface area contributed by atoms with Crippen LogP contribution in [0.4, 0.5) is 8.78 Å². The third-order valence-electron chi connectivity index (χ3n) is 4.71. The number of fused-ring (bicyclic) bond motifs is 1. The lowest BCUT2D eigenvalue weighted by molar-refractivity contribution is 0.0949. The summed E-state index contributed by atoms with van der Waals surface area (Å²) in [6.45, 7) is 1.80. The number of rotatable bonds is 5. The van der Waals surface area contributed by atoms with E-state index in [2.05, 4.69) is 15.3 Å². The highest BCUT2D eigenvalue weighted by Crippen LogP contribution is 2.32. The first-order valence-electron chi connectivity index (χ1n) is 9.21. The number of hydrogen-bond donors (Lipinski definition) is 1. The van der Waals surface area contributed by atoms with Crippen LogP contribution in [0.2, 0.25) is 0 Å². The molecule has 7 heteroatoms. The standard InChI is InChI=1S/C23H17F2N3O2/c1-14-17(23(29)28-12-15-7-9-26-13-19(15)25)3-2-4-21(14)30-22-8-10-27-20-11-16(24)5-6-18(20)22/h2-11,13H,12H2,1H3,(H,28,29). The Morgan fingerprint density at radius 3 is 2.77 bits per heavy atom. The molecule has 4 aromatic rings. The first-order chi connectivity index (χ1) is 14.5. The number of carbonyl (C=O) groups excluding carboxylic acids is 1. The van der Waals surface area contributed by atoms with Crippen LogP contribution in [-0.4, -0.2) is 15.9 Å². The summed E-state index contributed by atoms with van der Waals surface area (Å²) < 4.78 is 33.2. The summed E-state index contributed by atoms with van der Waals surface area (Å²) in [7, 11) is 0. The van der Waals surface area contributed by atoms with Gasteiger partial charge in [-0.15, -0.1) is 0 Å². The summed E-state index contributed by atoms with van der Waals surface area (Å²) in [4.78, 5) is 20.5. The molecule has 30 heavy (non-hydrogen) atoms. The van der Waals surface area contributed by atoms with Crippen LogP contribution in [0.15, 0.2) is 67.1 Å². The molecule has 0 aliphatic carbocycles. The fraction of sp³-hybridized carbons (Fsp3) is 0.0870. The maximum absolute atomic E-state index is 13.7. The number of benzene rings is 2. The average molecular weight is 405 g/mol. The number of nitrogens with zero attached hydrogens (tertiary/aromatic N) is 2. The smallest absolute Gasteiger partial charge is 0.251 e. The van der Waals surface area contributed by atoms with Gasteiger partial charge in [-0.1, -0.05) is 6.07 Å². The van der Waals surface area contributed by atoms with Gasteiger partial charge in [0.25, 0.3) is 5.91 Å². The fourth-order valence-corrected chi connectivity index (χ4v) is 3.09. The van der Waals surface area contributed by atoms with E-state index in [1.807, 2.05) is 0 Å². The third-order valence-corrected chi connectivity index (χ3v) is 4.71. The number of pyridine rings is 2. The molecule has 0 spiro atoms. The predicted molar refractivity (Wildman–Crippen MR) is 108 cm³/mol. The van der Waals surface area contributed by atoms with E-state index in [0.29, 0.717) is 39.1 Å². The van der Waals surface area contributed by atoms with E-state index in [0.717, 1.165) is 6.20 Å². The van der Waals surface area contributed by atoms with Gasteiger partial charge in [-0.2, -0.15) is 0 Å². The Kier molecular flexibility index (Phi) is 5.34. The summed E-state index contributed by atoms with van der Waals surface area (Å²) in [6.07, 6.45) is 4.10. The Morgan fingerprint density at radius 2 is 1.93 bits per heavy atom. The first kappa shape index (κ1) is 19.4. The van der Waals surface area contributed by atoms with Crippen LogP contribution >= 0.6 is 0 Å². The lowest BCUT2D eigenvalue weighted by Gasteiger charge is -2.14. The molecule has 1 amide bonds. The molecule has 0 aliphatic rings. The molecule has 5 nitrogen and oxygen atoms in total. The van der Waals surface area contributed by atoms with E-state index in [1.54, 1.807) is 37.3 Å². The van der Waals surface area contributed by atoms with Crippen molar-refractivity contribution in [3.05, 3.63) is 95.4 Å². The molecule has 0 atom stereocenters. The number of nitrogens with one attached hydrogen (secondary N) is 1. The monoisotopic (exact) mass is 405 g/mol. The van der Waals surface area contributed by atoms with Crippen molar-refractivity contribution in [1.82, 2.24) is 15.3 Å². The summed E-state index contributed by atoms with van der Waals surface area (Å²) in [5.41, 5.74) is 1.85. The van der Waals surface area contributed by atoms with Crippen LogP contribution in [0.25, 0.3) is 10.9 Å². The highest BCUT2D eigenvalue weighted by molar-refractivity contribution is 5.96. The molecule has 2 aromatic heterocycles. The van der Waals surface area contributed by atoms with Crippen molar-refractivity contribution < 1.29 is 18.3 Å². The molecule has 0 radical (unpaired) electrons. The number of aromatic nitrogens is 2. The molecule has 1 N–H and O–H groups in total. The fourth-order valence-electron chi connectivity index (χ4n) is 3.09. The molecule has 0 bridgehead atoms. The van der Waals surface area contributed by atoms with Crippen LogP contribution in [0.1, 0.15) is 21.5 Å². The van der Waals surface area contributed by atoms with E-state index in [4.69, 9.17) is 4.74 Å². The van der Waals surface area contributed by atoms with E-state index >= 15 is 0 Å². The van der Waals surface area contributed by atoms with Gasteiger partial charge in [0.1, 0.15) is 23.1 Å². The van der Waals surface area contributed by atoms with E-state index < -0.39 is 5.82 Å². The van der Waals surface area contributed by atoms with Gasteiger partial charge in [0.05, 0.1) is 11.7 Å². The molecule has 4 rings (SSSR count). The highest BCUT2D eigenvalue weighted by atomic mass is 19.1. The zero-order chi connectivity index (χ0) is 21.1. The molecule has 0 saturated carbocycles. The molecule has 150 valence electrons. The Labute approximate surface area is 171 Å². The van der Waals surface area contributed by atoms with Gasteiger partial charge in [-0.25, -0.2) is 8.78 Å². The summed E-state index contributed by atoms with van der Waals surface area (Å²) >= 11 is 0. The van der Waals surface area contributed by atoms with Crippen molar-refractivity contribution >= 4 is 16.8 Å². The maximum Gasteiger partial charge on any atom is 0.251 e. The number of halogens is 2. The molecule has 0 fully saturated rings. The van der Waals surface area contributed by atoms with E-state index in [-0.39, 0.29) is 18.3 Å². The number of ether oxygens (including phenoxy) is 1. The van der Waals surface area contributed by atoms with Crippen LogP contribution in [0, 0.1) is 18.6 Å². The van der Waals surface area contributed by atoms with Crippen molar-refractivity contribution in [2.75, 3.05) is 0 Å². The van der Waals surface area contributed by atoms with Gasteiger partial charge < -0.3 is 10.1 Å². The third kappa shape index (κ3) is 3.96. The normalized spacial score (nSPS) is 10.8. The second-order valence-electron chi connectivity index (χ2n) is 6.65. The number of amides is 1. The Morgan fingerprint density at radius 1 is 1.07 bits per heavy atom. The minimum Gasteiger partial charge on any atom is -0.456 e. The van der Waals surface area contributed by atoms with Crippen molar-refractivity contribution in [1.29, 1.82) is 0 Å². The first-order valence-corrected chi connectivity index (χ1v) is 9.21. The molecule has 2 aromatic carbocycles. The van der Waals surface area contributed by atoms with E-state index in [9.17, 15) is 13.6 Å². The van der Waals surface area contributed by atoms with Crippen LogP contribution in [-0.2, 0) is 6.54 Å². The molecular formula is C23H17F2N3O2. The van der Waals surface area contributed by atoms with Gasteiger partial charge in [0.2, 0.25) is 0 Å². The minimum atomic E-state index is -0.479. The van der Waals surface area contributed by atoms with Crippen molar-refractivity contribution in [3.63, 3.8) is 0 Å². The number of carbonyl (C=O) groups is 1. The van der Waals surface area contributed by atoms with Crippen molar-refractivity contribution in [2.24, 2.45) is 0 Å². The second kappa shape index (κ2) is 8.24. The molecule has 0 unspecified atom stereocenters. The summed E-state index contributed by atoms with van der Waals surface area (Å²) in [5.74, 6) is -0.231. The van der Waals surface area contributed by atoms with Crippen LogP contribution in [0.3, 0.4) is 0 Å². The van der Waals surface area contributed by atoms with Gasteiger partial charge in [0, 0.05) is 47.1 Å². The predicted octanol–water partition coefficient (Wildman–Crippen LogP) is 4.94. The summed E-state index contributed by atoms with van der Waals surface area (Å²) in [5, 5.41) is 3.36. The zero-order valence-corrected chi connectivity index (χ0v) is 16.0. The quantitative estimate of drug-likeness (QED) is 0.511. The van der Waals surface area contributed by atoms with Crippen molar-refractivity contribution in [2.45, 2.75) is 13.5 Å². The topological polar surface area (TPSA) is 64.1 Å². The van der Waals surface area contributed by atoms with Gasteiger partial charge in [-0.05, 0) is 43.3 Å². The van der Waals surface area contributed by atoms with Gasteiger partial charge in [-0.3, -0.25) is 14.8 Å². The van der Waals surface area contributed by atoms with Crippen LogP contribution < -0.4 is 10.1 Å². The zero-order valence-electron chi connectivity index (χ0n) is 16.0. The van der Waals surface area contributed by atoms with Crippen LogP contribution in [0.5, 0.6) is 11.5 Å². The molecule has 0 aliphatic heterocycles. The lowest BCUT2D eigenvalue weighted by atomic mass is 10.1. The average Bonchev–Trinajstić information content (AvgIpc) is 2.74. The molecule has 2 heterocycles. The van der Waals surface area contributed by atoms with Crippen molar-refractivity contribution in [3.8, 4) is 11.5 Å². The SMILES string of the molecule is Cc1c(Oc2ccnc3cc(F)ccc23)cccc1C(=O)NCc1ccncc1F. The molecule has 0 saturated heterocycles. The highest BCUT2D eigenvalue weighted by Gasteiger charge is 2.15. The minimum absolute atomic E-state index is 0.0399. The largest absolute Gasteiger partial charge is 0.456 e.